The lowest BCUT2D eigenvalue weighted by Crippen LogP contribution is -2.29. The lowest BCUT2D eigenvalue weighted by molar-refractivity contribution is -0.138. The zero-order valence-electron chi connectivity index (χ0n) is 31.1. The Labute approximate surface area is 328 Å². The third-order valence-corrected chi connectivity index (χ3v) is 7.38. The van der Waals surface area contributed by atoms with Gasteiger partial charge in [0.1, 0.15) is 17.6 Å². The van der Waals surface area contributed by atoms with Gasteiger partial charge in [0.05, 0.1) is 92.0 Å². The van der Waals surface area contributed by atoms with Gasteiger partial charge in [-0.2, -0.15) is 5.26 Å². The van der Waals surface area contributed by atoms with E-state index in [1.165, 1.54) is 37.2 Å². The summed E-state index contributed by atoms with van der Waals surface area (Å²) in [6, 6.07) is 12.4. The number of anilines is 2. The van der Waals surface area contributed by atoms with E-state index in [-0.39, 0.29) is 35.2 Å². The minimum atomic E-state index is -0.968. The first kappa shape index (κ1) is 42.1. The van der Waals surface area contributed by atoms with Crippen molar-refractivity contribution in [3.8, 4) is 17.6 Å². The Balaban J connectivity index is 1.19. The van der Waals surface area contributed by atoms with Crippen LogP contribution in [0.3, 0.4) is 0 Å². The fourth-order valence-corrected chi connectivity index (χ4v) is 4.50. The van der Waals surface area contributed by atoms with E-state index in [4.69, 9.17) is 18.9 Å². The minimum Gasteiger partial charge on any atom is -0.493 e. The highest BCUT2D eigenvalue weighted by molar-refractivity contribution is 6.43. The summed E-state index contributed by atoms with van der Waals surface area (Å²) in [7, 11) is 0. The SMILES string of the molecule is C=CC(=O)OCCCCOc1ccc(N=Cc2ncc(NC(=O)C(=O)Nc3cnc(C=Nc4ccc(OCCCCOC(=O)C=C)c(C#N)c4)nc3)cn2)cc1C. The largest absolute Gasteiger partial charge is 0.493 e. The van der Waals surface area contributed by atoms with Crippen molar-refractivity contribution < 1.29 is 38.1 Å². The molecule has 0 bridgehead atoms. The third-order valence-electron chi connectivity index (χ3n) is 7.38. The summed E-state index contributed by atoms with van der Waals surface area (Å²) >= 11 is 0. The van der Waals surface area contributed by atoms with E-state index in [0.717, 1.165) is 17.7 Å². The molecule has 0 atom stereocenters. The van der Waals surface area contributed by atoms with E-state index in [2.05, 4.69) is 59.8 Å². The molecule has 17 heteroatoms. The number of rotatable bonds is 20. The van der Waals surface area contributed by atoms with Gasteiger partial charge in [-0.05, 0) is 74.6 Å². The molecule has 292 valence electrons. The zero-order valence-corrected chi connectivity index (χ0v) is 31.1. The van der Waals surface area contributed by atoms with Gasteiger partial charge in [0, 0.05) is 12.2 Å². The first-order valence-corrected chi connectivity index (χ1v) is 17.5. The number of hydrogen-bond acceptors (Lipinski definition) is 15. The normalized spacial score (nSPS) is 10.7. The van der Waals surface area contributed by atoms with Gasteiger partial charge in [0.2, 0.25) is 0 Å². The van der Waals surface area contributed by atoms with E-state index in [1.807, 2.05) is 19.1 Å². The first-order chi connectivity index (χ1) is 27.7. The number of aryl methyl sites for hydroxylation is 1. The van der Waals surface area contributed by atoms with E-state index in [1.54, 1.807) is 24.3 Å². The number of nitrogens with zero attached hydrogens (tertiary/aromatic N) is 7. The lowest BCUT2D eigenvalue weighted by Gasteiger charge is -2.09. The molecule has 17 nitrogen and oxygen atoms in total. The maximum absolute atomic E-state index is 12.5. The second-order valence-corrected chi connectivity index (χ2v) is 11.7. The van der Waals surface area contributed by atoms with Crippen LogP contribution in [0.25, 0.3) is 0 Å². The number of nitrogens with one attached hydrogen (secondary N) is 2. The number of carbonyl (C=O) groups is 4. The number of hydrogen-bond donors (Lipinski definition) is 2. The molecule has 0 saturated carbocycles. The van der Waals surface area contributed by atoms with Crippen molar-refractivity contribution in [3.63, 3.8) is 0 Å². The smallest absolute Gasteiger partial charge is 0.330 e. The molecule has 0 spiro atoms. The summed E-state index contributed by atoms with van der Waals surface area (Å²) in [5.74, 6) is -1.26. The highest BCUT2D eigenvalue weighted by atomic mass is 16.5. The topological polar surface area (TPSA) is 229 Å². The molecule has 0 radical (unpaired) electrons. The van der Waals surface area contributed by atoms with Gasteiger partial charge in [0.15, 0.2) is 11.6 Å². The number of amides is 2. The van der Waals surface area contributed by atoms with Crippen molar-refractivity contribution >= 4 is 58.9 Å². The molecule has 2 heterocycles. The molecule has 0 saturated heterocycles. The fourth-order valence-electron chi connectivity index (χ4n) is 4.50. The average molecular weight is 774 g/mol. The Morgan fingerprint density at radius 1 is 0.684 bits per heavy atom. The van der Waals surface area contributed by atoms with Gasteiger partial charge in [0.25, 0.3) is 0 Å². The van der Waals surface area contributed by atoms with Crippen LogP contribution in [0.1, 0.15) is 48.5 Å². The number of benzene rings is 2. The molecule has 0 aliphatic rings. The Kier molecular flexibility index (Phi) is 16.7. The number of nitriles is 1. The standard InChI is InChI=1S/C40H39N9O8/c1-4-37(50)56-16-8-6-14-54-33-12-10-29(18-27(33)3)42-25-35-44-21-31(22-45-35)48-39(52)40(53)49-32-23-46-36(47-24-32)26-43-30-11-13-34(28(19-30)20-41)55-15-7-9-17-57-38(51)5-2/h4-5,10-13,18-19,21-26H,1-2,6-9,14-17H2,3H3,(H,48,52)(H,49,53). The van der Waals surface area contributed by atoms with Gasteiger partial charge < -0.3 is 29.6 Å². The third kappa shape index (κ3) is 14.6. The predicted molar refractivity (Wildman–Crippen MR) is 210 cm³/mol. The Hall–Kier alpha value is -7.61. The second-order valence-electron chi connectivity index (χ2n) is 11.7. The van der Waals surface area contributed by atoms with E-state index < -0.39 is 23.8 Å². The number of carbonyl (C=O) groups excluding carboxylic acids is 4. The van der Waals surface area contributed by atoms with Crippen LogP contribution in [0.2, 0.25) is 0 Å². The molecular weight excluding hydrogens is 734 g/mol. The monoisotopic (exact) mass is 773 g/mol. The van der Waals surface area contributed by atoms with Crippen LogP contribution < -0.4 is 20.1 Å². The van der Waals surface area contributed by atoms with Crippen molar-refractivity contribution in [2.24, 2.45) is 9.98 Å². The van der Waals surface area contributed by atoms with Crippen LogP contribution in [0.4, 0.5) is 22.7 Å². The van der Waals surface area contributed by atoms with Gasteiger partial charge in [-0.1, -0.05) is 13.2 Å². The maximum Gasteiger partial charge on any atom is 0.330 e. The second kappa shape index (κ2) is 22.6. The van der Waals surface area contributed by atoms with Crippen LogP contribution in [0.5, 0.6) is 11.5 Å². The van der Waals surface area contributed by atoms with Crippen molar-refractivity contribution in [2.45, 2.75) is 32.6 Å². The van der Waals surface area contributed by atoms with Crippen molar-refractivity contribution in [1.29, 1.82) is 5.26 Å². The fraction of sp³-hybridized carbons (Fsp3) is 0.225. The lowest BCUT2D eigenvalue weighted by atomic mass is 10.2. The van der Waals surface area contributed by atoms with E-state index >= 15 is 0 Å². The molecule has 2 aromatic carbocycles. The quantitative estimate of drug-likeness (QED) is 0.0382. The van der Waals surface area contributed by atoms with Crippen LogP contribution in [0.15, 0.2) is 96.5 Å². The molecule has 0 fully saturated rings. The number of aromatic nitrogens is 4. The van der Waals surface area contributed by atoms with Crippen LogP contribution in [-0.2, 0) is 28.7 Å². The molecular formula is C40H39N9O8. The van der Waals surface area contributed by atoms with Crippen LogP contribution in [0, 0.1) is 18.3 Å². The highest BCUT2D eigenvalue weighted by Gasteiger charge is 2.15. The summed E-state index contributed by atoms with van der Waals surface area (Å²) in [6.45, 7) is 9.95. The van der Waals surface area contributed by atoms with Crippen LogP contribution in [-0.4, -0.2) is 82.5 Å². The summed E-state index contributed by atoms with van der Waals surface area (Å²) < 4.78 is 21.4. The van der Waals surface area contributed by atoms with Crippen molar-refractivity contribution in [1.82, 2.24) is 19.9 Å². The Bertz CT molecular complexity index is 2150. The number of unbranched alkanes of at least 4 members (excludes halogenated alkanes) is 2. The summed E-state index contributed by atoms with van der Waals surface area (Å²) in [5, 5.41) is 14.4. The molecule has 0 aliphatic heterocycles. The van der Waals surface area contributed by atoms with Crippen molar-refractivity contribution in [3.05, 3.63) is 109 Å². The Morgan fingerprint density at radius 2 is 1.12 bits per heavy atom. The highest BCUT2D eigenvalue weighted by Crippen LogP contribution is 2.25. The summed E-state index contributed by atoms with van der Waals surface area (Å²) in [4.78, 5) is 72.4. The zero-order chi connectivity index (χ0) is 40.8. The van der Waals surface area contributed by atoms with Crippen molar-refractivity contribution in [2.75, 3.05) is 37.1 Å². The molecule has 4 rings (SSSR count). The molecule has 4 aromatic rings. The summed E-state index contributed by atoms with van der Waals surface area (Å²) in [5.41, 5.74) is 2.63. The predicted octanol–water partition coefficient (Wildman–Crippen LogP) is 5.30. The number of esters is 2. The molecule has 2 aromatic heterocycles. The van der Waals surface area contributed by atoms with E-state index in [0.29, 0.717) is 68.4 Å². The molecule has 57 heavy (non-hydrogen) atoms. The molecule has 0 aliphatic carbocycles. The van der Waals surface area contributed by atoms with Crippen LogP contribution >= 0.6 is 0 Å². The number of aliphatic imine (C=N–C) groups is 2. The van der Waals surface area contributed by atoms with Gasteiger partial charge in [-0.15, -0.1) is 0 Å². The van der Waals surface area contributed by atoms with Gasteiger partial charge in [-0.25, -0.2) is 29.5 Å². The maximum atomic E-state index is 12.5. The molecule has 2 amide bonds. The van der Waals surface area contributed by atoms with E-state index in [9.17, 15) is 24.4 Å². The molecule has 0 unspecified atom stereocenters. The van der Waals surface area contributed by atoms with Gasteiger partial charge in [-0.3, -0.25) is 19.6 Å². The molecule has 2 N–H and O–H groups in total. The Morgan fingerprint density at radius 3 is 1.58 bits per heavy atom. The average Bonchev–Trinajstić information content (AvgIpc) is 3.23. The first-order valence-electron chi connectivity index (χ1n) is 17.5. The minimum absolute atomic E-state index is 0.167. The summed E-state index contributed by atoms with van der Waals surface area (Å²) in [6.07, 6.45) is 13.0. The number of ether oxygens (including phenoxy) is 4. The van der Waals surface area contributed by atoms with Gasteiger partial charge >= 0.3 is 23.8 Å².